The van der Waals surface area contributed by atoms with Crippen molar-refractivity contribution < 1.29 is 27.4 Å². The minimum Gasteiger partial charge on any atom is -0.497 e. The van der Waals surface area contributed by atoms with Gasteiger partial charge < -0.3 is 14.2 Å². The van der Waals surface area contributed by atoms with Crippen molar-refractivity contribution in [3.05, 3.63) is 66.2 Å². The monoisotopic (exact) mass is 568 g/mol. The molecule has 8 nitrogen and oxygen atoms in total. The first-order chi connectivity index (χ1) is 18.8. The van der Waals surface area contributed by atoms with E-state index in [1.165, 1.54) is 7.11 Å². The summed E-state index contributed by atoms with van der Waals surface area (Å²) in [6.07, 6.45) is 0.376. The maximum absolute atomic E-state index is 12.8. The molecule has 3 rings (SSSR count). The minimum absolute atomic E-state index is 0.0332. The highest BCUT2D eigenvalue weighted by atomic mass is 32.2. The van der Waals surface area contributed by atoms with Crippen molar-refractivity contribution in [2.75, 3.05) is 38.1 Å². The lowest BCUT2D eigenvalue weighted by Crippen LogP contribution is -2.32. The number of methoxy groups -OCH3 is 2. The highest BCUT2D eigenvalue weighted by molar-refractivity contribution is 8.00. The molecular weight excluding hydrogens is 536 g/mol. The average molecular weight is 569 g/mol. The number of pyridine rings is 1. The zero-order valence-electron chi connectivity index (χ0n) is 22.3. The molecule has 0 aliphatic heterocycles. The Kier molecular flexibility index (Phi) is 11.3. The Morgan fingerprint density at radius 1 is 1.08 bits per heavy atom. The number of hydrogen-bond donors (Lipinski definition) is 0. The molecule has 1 atom stereocenters. The van der Waals surface area contributed by atoms with Crippen LogP contribution < -0.4 is 4.74 Å². The summed E-state index contributed by atoms with van der Waals surface area (Å²) in [6, 6.07) is 21.0. The van der Waals surface area contributed by atoms with Crippen LogP contribution in [0.1, 0.15) is 25.3 Å². The number of hydrogen-bond acceptors (Lipinski definition) is 9. The van der Waals surface area contributed by atoms with Crippen LogP contribution in [0.15, 0.2) is 65.7 Å². The van der Waals surface area contributed by atoms with E-state index in [-0.39, 0.29) is 23.9 Å². The van der Waals surface area contributed by atoms with Gasteiger partial charge in [-0.25, -0.2) is 13.4 Å². The van der Waals surface area contributed by atoms with E-state index in [0.717, 1.165) is 29.3 Å². The number of nitrogens with zero attached hydrogens (tertiary/aromatic N) is 2. The molecule has 206 valence electrons. The van der Waals surface area contributed by atoms with Crippen LogP contribution in [-0.2, 0) is 24.1 Å². The smallest absolute Gasteiger partial charge is 0.316 e. The van der Waals surface area contributed by atoms with Crippen LogP contribution in [0.4, 0.5) is 0 Å². The minimum atomic E-state index is -3.39. The molecule has 0 radical (unpaired) electrons. The lowest BCUT2D eigenvalue weighted by Gasteiger charge is -2.17. The molecule has 0 bridgehead atoms. The van der Waals surface area contributed by atoms with Gasteiger partial charge in [0.15, 0.2) is 9.84 Å². The van der Waals surface area contributed by atoms with Crippen molar-refractivity contribution in [2.45, 2.75) is 30.9 Å². The number of ether oxygens (including phenoxy) is 3. The largest absolute Gasteiger partial charge is 0.497 e. The Balaban J connectivity index is 1.87. The summed E-state index contributed by atoms with van der Waals surface area (Å²) in [6.45, 7) is 1.88. The summed E-state index contributed by atoms with van der Waals surface area (Å²) in [5.41, 5.74) is 3.32. The fraction of sp³-hybridized carbons (Fsp3) is 0.345. The quantitative estimate of drug-likeness (QED) is 0.192. The lowest BCUT2D eigenvalue weighted by atomic mass is 9.99. The second kappa shape index (κ2) is 14.7. The van der Waals surface area contributed by atoms with Crippen LogP contribution in [0.25, 0.3) is 22.4 Å². The first kappa shape index (κ1) is 30.2. The van der Waals surface area contributed by atoms with Gasteiger partial charge in [-0.05, 0) is 42.3 Å². The van der Waals surface area contributed by atoms with E-state index in [2.05, 4.69) is 6.07 Å². The number of rotatable bonds is 14. The molecule has 1 heterocycles. The number of carbonyl (C=O) groups excluding carboxylic acids is 1. The normalized spacial score (nSPS) is 11.9. The van der Waals surface area contributed by atoms with Crippen molar-refractivity contribution in [1.82, 2.24) is 4.98 Å². The Bertz CT molecular complexity index is 1390. The van der Waals surface area contributed by atoms with Crippen molar-refractivity contribution in [3.8, 4) is 34.2 Å². The second-order valence-corrected chi connectivity index (χ2v) is 12.0. The molecule has 10 heteroatoms. The van der Waals surface area contributed by atoms with Gasteiger partial charge in [-0.3, -0.25) is 4.79 Å². The molecule has 0 amide bonds. The topological polar surface area (TPSA) is 116 Å². The average Bonchev–Trinajstić information content (AvgIpc) is 2.95. The summed E-state index contributed by atoms with van der Waals surface area (Å²) in [5, 5.41) is 10.4. The van der Waals surface area contributed by atoms with E-state index in [4.69, 9.17) is 19.2 Å². The third-order valence-corrected chi connectivity index (χ3v) is 8.53. The van der Waals surface area contributed by atoms with Gasteiger partial charge in [0.2, 0.25) is 0 Å². The first-order valence-electron chi connectivity index (χ1n) is 12.5. The maximum Gasteiger partial charge on any atom is 0.316 e. The van der Waals surface area contributed by atoms with Crippen LogP contribution in [-0.4, -0.2) is 63.6 Å². The summed E-state index contributed by atoms with van der Waals surface area (Å²) in [4.78, 5) is 17.5. The SMILES string of the molecule is CCCCS(=O)(=O)CC(COC)OC(=O)CSc1nc(-c2ccc(OC)cc2)cc(-c2ccccc2)c1C#N. The molecule has 2 aromatic carbocycles. The summed E-state index contributed by atoms with van der Waals surface area (Å²) in [7, 11) is -0.379. The Morgan fingerprint density at radius 3 is 2.41 bits per heavy atom. The molecule has 0 spiro atoms. The zero-order chi connectivity index (χ0) is 28.3. The fourth-order valence-electron chi connectivity index (χ4n) is 3.87. The number of aromatic nitrogens is 1. The molecule has 0 N–H and O–H groups in total. The molecule has 3 aromatic rings. The number of esters is 1. The maximum atomic E-state index is 12.8. The predicted molar refractivity (Wildman–Crippen MR) is 152 cm³/mol. The van der Waals surface area contributed by atoms with Crippen molar-refractivity contribution in [3.63, 3.8) is 0 Å². The summed E-state index contributed by atoms with van der Waals surface area (Å²) >= 11 is 1.07. The van der Waals surface area contributed by atoms with Crippen LogP contribution in [0.3, 0.4) is 0 Å². The van der Waals surface area contributed by atoms with Gasteiger partial charge in [-0.1, -0.05) is 55.4 Å². The summed E-state index contributed by atoms with van der Waals surface area (Å²) < 4.78 is 40.6. The number of benzene rings is 2. The number of thioether (sulfide) groups is 1. The fourth-order valence-corrected chi connectivity index (χ4v) is 6.28. The second-order valence-electron chi connectivity index (χ2n) is 8.77. The van der Waals surface area contributed by atoms with Crippen molar-refractivity contribution in [1.29, 1.82) is 5.26 Å². The summed E-state index contributed by atoms with van der Waals surface area (Å²) in [5.74, 6) is -0.336. The van der Waals surface area contributed by atoms with Crippen LogP contribution >= 0.6 is 11.8 Å². The number of nitriles is 1. The Morgan fingerprint density at radius 2 is 1.79 bits per heavy atom. The van der Waals surface area contributed by atoms with Gasteiger partial charge in [0.1, 0.15) is 22.9 Å². The van der Waals surface area contributed by atoms with Gasteiger partial charge in [-0.15, -0.1) is 0 Å². The van der Waals surface area contributed by atoms with E-state index in [9.17, 15) is 18.5 Å². The van der Waals surface area contributed by atoms with E-state index in [1.54, 1.807) is 7.11 Å². The number of sulfone groups is 1. The molecule has 1 unspecified atom stereocenters. The molecule has 0 aliphatic rings. The van der Waals surface area contributed by atoms with Crippen molar-refractivity contribution >= 4 is 27.6 Å². The van der Waals surface area contributed by atoms with Crippen LogP contribution in [0.5, 0.6) is 5.75 Å². The predicted octanol–water partition coefficient (Wildman–Crippen LogP) is 5.16. The molecule has 39 heavy (non-hydrogen) atoms. The van der Waals surface area contributed by atoms with Gasteiger partial charge in [0, 0.05) is 18.2 Å². The molecule has 0 aliphatic carbocycles. The number of unbranched alkanes of at least 4 members (excludes halogenated alkanes) is 1. The lowest BCUT2D eigenvalue weighted by molar-refractivity contribution is -0.146. The van der Waals surface area contributed by atoms with Gasteiger partial charge >= 0.3 is 5.97 Å². The standard InChI is InChI=1S/C29H32N2O6S2/c1-4-5-15-39(33,34)20-24(18-35-2)37-28(32)19-38-29-26(17-30)25(21-9-7-6-8-10-21)16-27(31-29)22-11-13-23(36-3)14-12-22/h6-14,16,24H,4-5,15,18-20H2,1-3H3. The first-order valence-corrected chi connectivity index (χ1v) is 15.3. The van der Waals surface area contributed by atoms with Crippen LogP contribution in [0.2, 0.25) is 0 Å². The van der Waals surface area contributed by atoms with Crippen molar-refractivity contribution in [2.24, 2.45) is 0 Å². The van der Waals surface area contributed by atoms with E-state index in [0.29, 0.717) is 34.0 Å². The highest BCUT2D eigenvalue weighted by Gasteiger charge is 2.24. The zero-order valence-corrected chi connectivity index (χ0v) is 23.9. The van der Waals surface area contributed by atoms with Gasteiger partial charge in [0.05, 0.1) is 42.2 Å². The van der Waals surface area contributed by atoms with Gasteiger partial charge in [-0.2, -0.15) is 5.26 Å². The molecule has 1 aromatic heterocycles. The molecule has 0 fully saturated rings. The molecule has 0 saturated heterocycles. The number of carbonyl (C=O) groups is 1. The molecular formula is C29H32N2O6S2. The third kappa shape index (κ3) is 8.82. The molecule has 0 saturated carbocycles. The van der Waals surface area contributed by atoms with Crippen LogP contribution in [0, 0.1) is 11.3 Å². The highest BCUT2D eigenvalue weighted by Crippen LogP contribution is 2.34. The Labute approximate surface area is 234 Å². The van der Waals surface area contributed by atoms with E-state index < -0.39 is 21.9 Å². The van der Waals surface area contributed by atoms with E-state index >= 15 is 0 Å². The third-order valence-electron chi connectivity index (χ3n) is 5.79. The Hall–Kier alpha value is -3.39. The van der Waals surface area contributed by atoms with Gasteiger partial charge in [0.25, 0.3) is 0 Å². The van der Waals surface area contributed by atoms with E-state index in [1.807, 2.05) is 67.6 Å².